The second-order valence-electron chi connectivity index (χ2n) is 10.9. The van der Waals surface area contributed by atoms with Crippen molar-refractivity contribution in [3.8, 4) is 11.1 Å². The van der Waals surface area contributed by atoms with Crippen molar-refractivity contribution in [1.82, 2.24) is 0 Å². The molecule has 0 fully saturated rings. The lowest BCUT2D eigenvalue weighted by atomic mass is 9.89. The molecule has 0 amide bonds. The van der Waals surface area contributed by atoms with Gasteiger partial charge in [-0.1, -0.05) is 121 Å². The Kier molecular flexibility index (Phi) is 5.20. The molecule has 1 aliphatic heterocycles. The van der Waals surface area contributed by atoms with Gasteiger partial charge in [-0.05, 0) is 91.3 Å². The number of hydrogen-bond acceptors (Lipinski definition) is 2. The van der Waals surface area contributed by atoms with Crippen molar-refractivity contribution >= 4 is 71.9 Å². The minimum Gasteiger partial charge on any atom is -0.308 e. The summed E-state index contributed by atoms with van der Waals surface area (Å²) in [6, 6.07) is 55.6. The first-order valence-electron chi connectivity index (χ1n) is 14.4. The molecule has 42 heavy (non-hydrogen) atoms. The van der Waals surface area contributed by atoms with Gasteiger partial charge >= 0.3 is 0 Å². The fourth-order valence-electron chi connectivity index (χ4n) is 6.71. The van der Waals surface area contributed by atoms with Crippen LogP contribution in [-0.2, 0) is 0 Å². The molecule has 1 heterocycles. The number of anilines is 3. The summed E-state index contributed by atoms with van der Waals surface area (Å²) < 4.78 is 0. The van der Waals surface area contributed by atoms with Crippen LogP contribution in [-0.4, -0.2) is 0 Å². The molecular weight excluding hydrogens is 527 g/mol. The summed E-state index contributed by atoms with van der Waals surface area (Å²) in [7, 11) is 0. The Balaban J connectivity index is 1.40. The number of hydrogen-bond donors (Lipinski definition) is 0. The normalized spacial score (nSPS) is 12.6. The van der Waals surface area contributed by atoms with E-state index < -0.39 is 0 Å². The standard InChI is InChI=1S/C40H25NS/c1-2-12-27-23-28(22-21-26(27)11-1)34-24-29-25-37(31-14-4-6-16-33(31)40(29)32-15-5-3-13-30(32)34)41-35-17-7-9-19-38(35)42-39-20-10-8-18-36(39)41/h1-25H. The Morgan fingerprint density at radius 1 is 0.381 bits per heavy atom. The molecule has 9 rings (SSSR count). The molecule has 0 saturated carbocycles. The summed E-state index contributed by atoms with van der Waals surface area (Å²) in [6.07, 6.45) is 0. The van der Waals surface area contributed by atoms with Gasteiger partial charge in [0, 0.05) is 15.2 Å². The average Bonchev–Trinajstić information content (AvgIpc) is 3.06. The molecule has 0 aliphatic carbocycles. The van der Waals surface area contributed by atoms with E-state index in [2.05, 4.69) is 157 Å². The van der Waals surface area contributed by atoms with Crippen molar-refractivity contribution < 1.29 is 0 Å². The van der Waals surface area contributed by atoms with Crippen LogP contribution >= 0.6 is 11.8 Å². The molecule has 0 spiro atoms. The molecule has 0 radical (unpaired) electrons. The monoisotopic (exact) mass is 551 g/mol. The third kappa shape index (κ3) is 3.52. The molecule has 8 aromatic carbocycles. The highest BCUT2D eigenvalue weighted by atomic mass is 32.2. The van der Waals surface area contributed by atoms with E-state index >= 15 is 0 Å². The highest BCUT2D eigenvalue weighted by Crippen LogP contribution is 2.53. The Bertz CT molecular complexity index is 2310. The van der Waals surface area contributed by atoms with E-state index in [9.17, 15) is 0 Å². The zero-order valence-corrected chi connectivity index (χ0v) is 23.6. The van der Waals surface area contributed by atoms with Crippen LogP contribution in [0.5, 0.6) is 0 Å². The minimum absolute atomic E-state index is 1.21. The molecule has 0 saturated heterocycles. The van der Waals surface area contributed by atoms with Gasteiger partial charge in [0.25, 0.3) is 0 Å². The van der Waals surface area contributed by atoms with E-state index in [1.165, 1.54) is 81.1 Å². The maximum Gasteiger partial charge on any atom is 0.0601 e. The number of para-hydroxylation sites is 2. The summed E-state index contributed by atoms with van der Waals surface area (Å²) in [5, 5.41) is 10.2. The van der Waals surface area contributed by atoms with E-state index in [0.29, 0.717) is 0 Å². The van der Waals surface area contributed by atoms with Crippen LogP contribution in [0.4, 0.5) is 17.1 Å². The quantitative estimate of drug-likeness (QED) is 0.197. The maximum atomic E-state index is 2.47. The zero-order valence-electron chi connectivity index (χ0n) is 22.8. The molecule has 8 aromatic rings. The van der Waals surface area contributed by atoms with Crippen LogP contribution in [0.15, 0.2) is 161 Å². The predicted molar refractivity (Wildman–Crippen MR) is 181 cm³/mol. The molecule has 1 aliphatic rings. The first-order chi connectivity index (χ1) is 20.8. The van der Waals surface area contributed by atoms with Crippen LogP contribution in [0.2, 0.25) is 0 Å². The van der Waals surface area contributed by atoms with Crippen molar-refractivity contribution in [1.29, 1.82) is 0 Å². The number of rotatable bonds is 2. The Morgan fingerprint density at radius 3 is 1.69 bits per heavy atom. The molecule has 0 unspecified atom stereocenters. The van der Waals surface area contributed by atoms with E-state index in [1.807, 2.05) is 11.8 Å². The summed E-state index contributed by atoms with van der Waals surface area (Å²) in [5.74, 6) is 0. The minimum atomic E-state index is 1.21. The number of nitrogens with zero attached hydrogens (tertiary/aromatic N) is 1. The number of fused-ring (bicyclic) bond motifs is 8. The van der Waals surface area contributed by atoms with E-state index in [4.69, 9.17) is 0 Å². The summed E-state index contributed by atoms with van der Waals surface area (Å²) in [5.41, 5.74) is 6.16. The lowest BCUT2D eigenvalue weighted by Crippen LogP contribution is -2.15. The molecule has 0 atom stereocenters. The first-order valence-corrected chi connectivity index (χ1v) is 15.2. The van der Waals surface area contributed by atoms with Gasteiger partial charge in [-0.25, -0.2) is 0 Å². The Morgan fingerprint density at radius 2 is 0.952 bits per heavy atom. The fourth-order valence-corrected chi connectivity index (χ4v) is 7.76. The largest absolute Gasteiger partial charge is 0.308 e. The third-order valence-corrected chi connectivity index (χ3v) is 9.70. The predicted octanol–water partition coefficient (Wildman–Crippen LogP) is 11.9. The maximum absolute atomic E-state index is 2.47. The lowest BCUT2D eigenvalue weighted by molar-refractivity contribution is 1.17. The topological polar surface area (TPSA) is 3.24 Å². The van der Waals surface area contributed by atoms with Gasteiger partial charge in [0.15, 0.2) is 0 Å². The lowest BCUT2D eigenvalue weighted by Gasteiger charge is -2.34. The van der Waals surface area contributed by atoms with E-state index in [0.717, 1.165) is 0 Å². The third-order valence-electron chi connectivity index (χ3n) is 8.57. The second-order valence-corrected chi connectivity index (χ2v) is 12.0. The average molecular weight is 552 g/mol. The number of benzene rings is 8. The van der Waals surface area contributed by atoms with Gasteiger partial charge in [0.1, 0.15) is 0 Å². The van der Waals surface area contributed by atoms with Crippen molar-refractivity contribution in [2.24, 2.45) is 0 Å². The van der Waals surface area contributed by atoms with Gasteiger partial charge in [0.05, 0.1) is 17.1 Å². The van der Waals surface area contributed by atoms with Crippen molar-refractivity contribution in [2.45, 2.75) is 9.79 Å². The van der Waals surface area contributed by atoms with Crippen molar-refractivity contribution in [3.63, 3.8) is 0 Å². The summed E-state index contributed by atoms with van der Waals surface area (Å²) in [4.78, 5) is 5.01. The van der Waals surface area contributed by atoms with Gasteiger partial charge in [-0.2, -0.15) is 0 Å². The summed E-state index contributed by atoms with van der Waals surface area (Å²) in [6.45, 7) is 0. The van der Waals surface area contributed by atoms with Crippen LogP contribution in [0.1, 0.15) is 0 Å². The molecule has 0 bridgehead atoms. The Hall–Kier alpha value is -5.05. The molecule has 196 valence electrons. The van der Waals surface area contributed by atoms with Gasteiger partial charge in [-0.15, -0.1) is 0 Å². The van der Waals surface area contributed by atoms with Crippen LogP contribution in [0.25, 0.3) is 54.2 Å². The van der Waals surface area contributed by atoms with Crippen LogP contribution in [0, 0.1) is 0 Å². The molecule has 0 N–H and O–H groups in total. The first kappa shape index (κ1) is 23.6. The molecule has 0 aromatic heterocycles. The molecular formula is C40H25NS. The van der Waals surface area contributed by atoms with Gasteiger partial charge < -0.3 is 4.90 Å². The van der Waals surface area contributed by atoms with Crippen molar-refractivity contribution in [2.75, 3.05) is 4.90 Å². The molecule has 2 heteroatoms. The van der Waals surface area contributed by atoms with Crippen LogP contribution in [0.3, 0.4) is 0 Å². The van der Waals surface area contributed by atoms with Crippen molar-refractivity contribution in [3.05, 3.63) is 152 Å². The second kappa shape index (κ2) is 9.24. The van der Waals surface area contributed by atoms with E-state index in [1.54, 1.807) is 0 Å². The van der Waals surface area contributed by atoms with Gasteiger partial charge in [-0.3, -0.25) is 0 Å². The smallest absolute Gasteiger partial charge is 0.0601 e. The fraction of sp³-hybridized carbons (Fsp3) is 0. The van der Waals surface area contributed by atoms with Crippen LogP contribution < -0.4 is 4.90 Å². The highest BCUT2D eigenvalue weighted by molar-refractivity contribution is 7.99. The SMILES string of the molecule is c1ccc2c(c1)Sc1ccccc1N2c1cc2cc(-c3ccc4ccccc4c3)c3ccccc3c2c2ccccc12. The van der Waals surface area contributed by atoms with Gasteiger partial charge in [0.2, 0.25) is 0 Å². The highest BCUT2D eigenvalue weighted by Gasteiger charge is 2.26. The molecule has 1 nitrogen and oxygen atoms in total. The van der Waals surface area contributed by atoms with E-state index in [-0.39, 0.29) is 0 Å². The zero-order chi connectivity index (χ0) is 27.6. The Labute approximate surface area is 248 Å². The summed E-state index contributed by atoms with van der Waals surface area (Å²) >= 11 is 1.85.